The Kier molecular flexibility index (Phi) is 5.76. The summed E-state index contributed by atoms with van der Waals surface area (Å²) in [6.07, 6.45) is 1.85. The molecule has 0 aromatic carbocycles. The van der Waals surface area contributed by atoms with Crippen molar-refractivity contribution < 1.29 is 13.2 Å². The molecule has 2 aliphatic rings. The summed E-state index contributed by atoms with van der Waals surface area (Å²) in [4.78, 5) is 4.42. The molecule has 0 spiro atoms. The van der Waals surface area contributed by atoms with E-state index in [9.17, 15) is 13.2 Å². The maximum Gasteiger partial charge on any atom is 0.392 e. The molecule has 3 nitrogen and oxygen atoms in total. The maximum atomic E-state index is 13.1. The molecule has 2 fully saturated rings. The van der Waals surface area contributed by atoms with Gasteiger partial charge >= 0.3 is 6.18 Å². The lowest BCUT2D eigenvalue weighted by Crippen LogP contribution is -2.46. The normalized spacial score (nSPS) is 28.1. The van der Waals surface area contributed by atoms with Crippen LogP contribution in [0.3, 0.4) is 0 Å². The van der Waals surface area contributed by atoms with Gasteiger partial charge in [0.05, 0.1) is 5.92 Å². The zero-order valence-corrected chi connectivity index (χ0v) is 12.7. The smallest absolute Gasteiger partial charge is 0.357 e. The lowest BCUT2D eigenvalue weighted by Gasteiger charge is -2.32. The maximum absolute atomic E-state index is 13.1. The first kappa shape index (κ1) is 16.4. The molecule has 2 saturated carbocycles. The SMILES string of the molecule is CCNC(=NCC1CCCCC1C(F)(F)F)NC1CCC1. The molecule has 0 aliphatic heterocycles. The second-order valence-corrected chi connectivity index (χ2v) is 6.18. The standard InChI is InChI=1S/C15H26F3N3/c1-2-19-14(21-12-7-5-8-12)20-10-11-6-3-4-9-13(11)15(16,17)18/h11-13H,2-10H2,1H3,(H2,19,20,21). The van der Waals surface area contributed by atoms with Crippen LogP contribution in [0, 0.1) is 11.8 Å². The molecule has 122 valence electrons. The van der Waals surface area contributed by atoms with Crippen molar-refractivity contribution >= 4 is 5.96 Å². The van der Waals surface area contributed by atoms with Crippen LogP contribution < -0.4 is 10.6 Å². The third kappa shape index (κ3) is 4.78. The number of nitrogens with one attached hydrogen (secondary N) is 2. The molecule has 6 heteroatoms. The molecule has 2 aliphatic carbocycles. The Morgan fingerprint density at radius 2 is 1.81 bits per heavy atom. The summed E-state index contributed by atoms with van der Waals surface area (Å²) in [7, 11) is 0. The average Bonchev–Trinajstić information content (AvgIpc) is 2.39. The monoisotopic (exact) mass is 305 g/mol. The second kappa shape index (κ2) is 7.36. The molecule has 0 aromatic rings. The Labute approximate surface area is 124 Å². The summed E-state index contributed by atoms with van der Waals surface area (Å²) in [5.74, 6) is -0.870. The molecule has 0 aromatic heterocycles. The van der Waals surface area contributed by atoms with Gasteiger partial charge in [-0.3, -0.25) is 4.99 Å². The lowest BCUT2D eigenvalue weighted by atomic mass is 9.79. The molecule has 0 amide bonds. The summed E-state index contributed by atoms with van der Waals surface area (Å²) in [6, 6.07) is 0.438. The van der Waals surface area contributed by atoms with Gasteiger partial charge in [-0.05, 0) is 44.9 Å². The number of aliphatic imine (C=N–C) groups is 1. The first-order valence-corrected chi connectivity index (χ1v) is 8.12. The van der Waals surface area contributed by atoms with Crippen molar-refractivity contribution in [3.8, 4) is 0 Å². The molecular weight excluding hydrogens is 279 g/mol. The highest BCUT2D eigenvalue weighted by atomic mass is 19.4. The minimum atomic E-state index is -4.08. The highest BCUT2D eigenvalue weighted by Crippen LogP contribution is 2.41. The number of hydrogen-bond donors (Lipinski definition) is 2. The van der Waals surface area contributed by atoms with E-state index < -0.39 is 12.1 Å². The van der Waals surface area contributed by atoms with Crippen LogP contribution in [0.5, 0.6) is 0 Å². The Hall–Kier alpha value is -0.940. The van der Waals surface area contributed by atoms with Gasteiger partial charge in [-0.25, -0.2) is 0 Å². The topological polar surface area (TPSA) is 36.4 Å². The van der Waals surface area contributed by atoms with Crippen molar-refractivity contribution in [1.82, 2.24) is 10.6 Å². The van der Waals surface area contributed by atoms with E-state index in [2.05, 4.69) is 15.6 Å². The number of hydrogen-bond acceptors (Lipinski definition) is 1. The number of nitrogens with zero attached hydrogens (tertiary/aromatic N) is 1. The molecule has 0 radical (unpaired) electrons. The van der Waals surface area contributed by atoms with Gasteiger partial charge in [0.1, 0.15) is 0 Å². The first-order chi connectivity index (χ1) is 10.0. The molecule has 0 saturated heterocycles. The van der Waals surface area contributed by atoms with Gasteiger partial charge in [-0.1, -0.05) is 12.8 Å². The molecule has 2 unspecified atom stereocenters. The highest BCUT2D eigenvalue weighted by Gasteiger charge is 2.45. The van der Waals surface area contributed by atoms with E-state index >= 15 is 0 Å². The van der Waals surface area contributed by atoms with Crippen LogP contribution in [-0.4, -0.2) is 31.3 Å². The second-order valence-electron chi connectivity index (χ2n) is 6.18. The van der Waals surface area contributed by atoms with Crippen molar-refractivity contribution in [2.45, 2.75) is 64.1 Å². The number of alkyl halides is 3. The van der Waals surface area contributed by atoms with Gasteiger partial charge in [-0.2, -0.15) is 13.2 Å². The third-order valence-electron chi connectivity index (χ3n) is 4.60. The summed E-state index contributed by atoms with van der Waals surface area (Å²) >= 11 is 0. The fourth-order valence-electron chi connectivity index (χ4n) is 3.13. The zero-order chi connectivity index (χ0) is 15.3. The van der Waals surface area contributed by atoms with Crippen molar-refractivity contribution in [2.75, 3.05) is 13.1 Å². The van der Waals surface area contributed by atoms with Crippen LogP contribution in [0.4, 0.5) is 13.2 Å². The Bertz CT molecular complexity index is 351. The van der Waals surface area contributed by atoms with Crippen LogP contribution in [0.1, 0.15) is 51.9 Å². The van der Waals surface area contributed by atoms with Gasteiger partial charge in [0, 0.05) is 19.1 Å². The van der Waals surface area contributed by atoms with Gasteiger partial charge in [0.25, 0.3) is 0 Å². The van der Waals surface area contributed by atoms with E-state index in [1.165, 1.54) is 6.42 Å². The summed E-state index contributed by atoms with van der Waals surface area (Å²) in [6.45, 7) is 2.97. The van der Waals surface area contributed by atoms with E-state index in [-0.39, 0.29) is 18.9 Å². The van der Waals surface area contributed by atoms with Gasteiger partial charge in [0.2, 0.25) is 0 Å². The Morgan fingerprint density at radius 3 is 2.38 bits per heavy atom. The third-order valence-corrected chi connectivity index (χ3v) is 4.60. The predicted octanol–water partition coefficient (Wildman–Crippen LogP) is 3.46. The predicted molar refractivity (Wildman–Crippen MR) is 78.3 cm³/mol. The van der Waals surface area contributed by atoms with E-state index in [0.717, 1.165) is 25.8 Å². The van der Waals surface area contributed by atoms with Crippen molar-refractivity contribution in [3.05, 3.63) is 0 Å². The Balaban J connectivity index is 1.93. The van der Waals surface area contributed by atoms with Gasteiger partial charge in [0.15, 0.2) is 5.96 Å². The number of rotatable bonds is 4. The van der Waals surface area contributed by atoms with Gasteiger partial charge in [-0.15, -0.1) is 0 Å². The quantitative estimate of drug-likeness (QED) is 0.616. The first-order valence-electron chi connectivity index (χ1n) is 8.12. The van der Waals surface area contributed by atoms with Gasteiger partial charge < -0.3 is 10.6 Å². The molecule has 2 N–H and O–H groups in total. The van der Waals surface area contributed by atoms with E-state index in [1.54, 1.807) is 0 Å². The van der Waals surface area contributed by atoms with Crippen LogP contribution in [-0.2, 0) is 0 Å². The largest absolute Gasteiger partial charge is 0.392 e. The van der Waals surface area contributed by atoms with Crippen molar-refractivity contribution in [3.63, 3.8) is 0 Å². The average molecular weight is 305 g/mol. The zero-order valence-electron chi connectivity index (χ0n) is 12.7. The van der Waals surface area contributed by atoms with E-state index in [0.29, 0.717) is 24.8 Å². The van der Waals surface area contributed by atoms with Crippen LogP contribution in [0.15, 0.2) is 4.99 Å². The van der Waals surface area contributed by atoms with Crippen LogP contribution in [0.25, 0.3) is 0 Å². The molecule has 2 atom stereocenters. The highest BCUT2D eigenvalue weighted by molar-refractivity contribution is 5.80. The van der Waals surface area contributed by atoms with Crippen LogP contribution >= 0.6 is 0 Å². The molecular formula is C15H26F3N3. The van der Waals surface area contributed by atoms with E-state index in [1.807, 2.05) is 6.92 Å². The fraction of sp³-hybridized carbons (Fsp3) is 0.933. The van der Waals surface area contributed by atoms with Crippen molar-refractivity contribution in [2.24, 2.45) is 16.8 Å². The molecule has 0 bridgehead atoms. The van der Waals surface area contributed by atoms with Crippen molar-refractivity contribution in [1.29, 1.82) is 0 Å². The molecule has 2 rings (SSSR count). The Morgan fingerprint density at radius 1 is 1.10 bits per heavy atom. The molecule has 0 heterocycles. The minimum absolute atomic E-state index is 0.260. The van der Waals surface area contributed by atoms with E-state index in [4.69, 9.17) is 0 Å². The minimum Gasteiger partial charge on any atom is -0.357 e. The van der Waals surface area contributed by atoms with Crippen LogP contribution in [0.2, 0.25) is 0 Å². The molecule has 21 heavy (non-hydrogen) atoms. The summed E-state index contributed by atoms with van der Waals surface area (Å²) in [5, 5.41) is 6.44. The summed E-state index contributed by atoms with van der Waals surface area (Å²) in [5.41, 5.74) is 0. The number of guanidine groups is 1. The lowest BCUT2D eigenvalue weighted by molar-refractivity contribution is -0.195. The fourth-order valence-corrected chi connectivity index (χ4v) is 3.13. The number of halogens is 3. The summed E-state index contributed by atoms with van der Waals surface area (Å²) < 4.78 is 39.2.